The largest absolute Gasteiger partial charge is 0.481 e. The first-order valence-electron chi connectivity index (χ1n) is 9.35. The fourth-order valence-electron chi connectivity index (χ4n) is 3.86. The van der Waals surface area contributed by atoms with Gasteiger partial charge in [-0.25, -0.2) is 4.68 Å². The molecule has 3 rings (SSSR count). The summed E-state index contributed by atoms with van der Waals surface area (Å²) in [6, 6.07) is 6.91. The van der Waals surface area contributed by atoms with Crippen molar-refractivity contribution in [1.82, 2.24) is 15.1 Å². The molecule has 1 aliphatic carbocycles. The smallest absolute Gasteiger partial charge is 0.305 e. The predicted molar refractivity (Wildman–Crippen MR) is 102 cm³/mol. The zero-order chi connectivity index (χ0) is 19.6. The molecule has 1 heterocycles. The Morgan fingerprint density at radius 2 is 1.85 bits per heavy atom. The highest BCUT2D eigenvalue weighted by Gasteiger charge is 2.38. The van der Waals surface area contributed by atoms with Crippen molar-refractivity contribution < 1.29 is 14.7 Å². The molecule has 2 aromatic rings. The van der Waals surface area contributed by atoms with E-state index >= 15 is 0 Å². The van der Waals surface area contributed by atoms with Crippen LogP contribution in [0.4, 0.5) is 0 Å². The number of fused-ring (bicyclic) bond motifs is 1. The lowest BCUT2D eigenvalue weighted by atomic mass is 9.93. The number of nitrogens with zero attached hydrogens (tertiary/aromatic N) is 2. The van der Waals surface area contributed by atoms with Gasteiger partial charge < -0.3 is 10.4 Å². The topological polar surface area (TPSA) is 101 Å². The maximum atomic E-state index is 13.1. The number of aromatic nitrogens is 2. The van der Waals surface area contributed by atoms with E-state index in [-0.39, 0.29) is 23.6 Å². The SMILES string of the molecule is CC(C)Cn1nc(C(=O)NC2(CC(=O)O)CCCC2)c2ccccc2c1=O. The summed E-state index contributed by atoms with van der Waals surface area (Å²) in [6.07, 6.45) is 2.93. The van der Waals surface area contributed by atoms with Crippen LogP contribution in [-0.4, -0.2) is 32.3 Å². The molecule has 7 nitrogen and oxygen atoms in total. The number of carbonyl (C=O) groups excluding carboxylic acids is 1. The van der Waals surface area contributed by atoms with Gasteiger partial charge in [0.2, 0.25) is 0 Å². The minimum absolute atomic E-state index is 0.109. The summed E-state index contributed by atoms with van der Waals surface area (Å²) in [4.78, 5) is 37.1. The first-order chi connectivity index (χ1) is 12.8. The number of carboxylic acids is 1. The van der Waals surface area contributed by atoms with E-state index in [1.807, 2.05) is 13.8 Å². The Bertz CT molecular complexity index is 926. The lowest BCUT2D eigenvalue weighted by Crippen LogP contribution is -2.48. The van der Waals surface area contributed by atoms with Gasteiger partial charge in [-0.2, -0.15) is 5.10 Å². The van der Waals surface area contributed by atoms with Gasteiger partial charge in [-0.05, 0) is 24.8 Å². The lowest BCUT2D eigenvalue weighted by Gasteiger charge is -2.28. The molecule has 1 aliphatic rings. The van der Waals surface area contributed by atoms with E-state index in [0.717, 1.165) is 12.8 Å². The summed E-state index contributed by atoms with van der Waals surface area (Å²) in [7, 11) is 0. The molecule has 1 amide bonds. The van der Waals surface area contributed by atoms with Gasteiger partial charge in [-0.3, -0.25) is 14.4 Å². The van der Waals surface area contributed by atoms with Crippen molar-refractivity contribution in [2.45, 2.75) is 58.0 Å². The van der Waals surface area contributed by atoms with Gasteiger partial charge in [-0.1, -0.05) is 44.9 Å². The van der Waals surface area contributed by atoms with Gasteiger partial charge in [0.25, 0.3) is 11.5 Å². The Labute approximate surface area is 157 Å². The number of nitrogens with one attached hydrogen (secondary N) is 1. The number of benzene rings is 1. The van der Waals surface area contributed by atoms with Crippen LogP contribution in [0.15, 0.2) is 29.1 Å². The third-order valence-electron chi connectivity index (χ3n) is 5.05. The number of amides is 1. The molecule has 0 bridgehead atoms. The van der Waals surface area contributed by atoms with Crippen LogP contribution >= 0.6 is 0 Å². The average molecular weight is 371 g/mol. The van der Waals surface area contributed by atoms with Crippen molar-refractivity contribution in [2.75, 3.05) is 0 Å². The zero-order valence-corrected chi connectivity index (χ0v) is 15.7. The minimum Gasteiger partial charge on any atom is -0.481 e. The maximum absolute atomic E-state index is 13.1. The third-order valence-corrected chi connectivity index (χ3v) is 5.05. The van der Waals surface area contributed by atoms with Gasteiger partial charge in [0, 0.05) is 11.9 Å². The second kappa shape index (κ2) is 7.50. The van der Waals surface area contributed by atoms with Crippen molar-refractivity contribution >= 4 is 22.6 Å². The summed E-state index contributed by atoms with van der Waals surface area (Å²) >= 11 is 0. The van der Waals surface area contributed by atoms with Crippen LogP contribution in [0.1, 0.15) is 56.4 Å². The first-order valence-corrected chi connectivity index (χ1v) is 9.35. The van der Waals surface area contributed by atoms with Crippen LogP contribution in [0.2, 0.25) is 0 Å². The van der Waals surface area contributed by atoms with E-state index in [1.54, 1.807) is 24.3 Å². The molecular formula is C20H25N3O4. The maximum Gasteiger partial charge on any atom is 0.305 e. The molecular weight excluding hydrogens is 346 g/mol. The fraction of sp³-hybridized carbons (Fsp3) is 0.500. The average Bonchev–Trinajstić information content (AvgIpc) is 3.04. The van der Waals surface area contributed by atoms with Crippen LogP contribution in [-0.2, 0) is 11.3 Å². The van der Waals surface area contributed by atoms with Gasteiger partial charge >= 0.3 is 5.97 Å². The normalized spacial score (nSPS) is 16.0. The molecule has 0 atom stereocenters. The standard InChI is InChI=1S/C20H25N3O4/c1-13(2)12-23-19(27)15-8-4-3-7-14(15)17(22-23)18(26)21-20(11-16(24)25)9-5-6-10-20/h3-4,7-8,13H,5-6,9-12H2,1-2H3,(H,21,26)(H,24,25). The number of aliphatic carboxylic acids is 1. The van der Waals surface area contributed by atoms with Gasteiger partial charge in [0.1, 0.15) is 0 Å². The van der Waals surface area contributed by atoms with Gasteiger partial charge in [0.05, 0.1) is 17.3 Å². The van der Waals surface area contributed by atoms with Gasteiger partial charge in [-0.15, -0.1) is 0 Å². The molecule has 1 aromatic carbocycles. The van der Waals surface area contributed by atoms with E-state index in [2.05, 4.69) is 10.4 Å². The lowest BCUT2D eigenvalue weighted by molar-refractivity contribution is -0.138. The number of carbonyl (C=O) groups is 2. The highest BCUT2D eigenvalue weighted by molar-refractivity contribution is 6.05. The molecule has 1 fully saturated rings. The number of hydrogen-bond acceptors (Lipinski definition) is 4. The molecule has 1 aromatic heterocycles. The molecule has 27 heavy (non-hydrogen) atoms. The Hall–Kier alpha value is -2.70. The predicted octanol–water partition coefficient (Wildman–Crippen LogP) is 2.57. The highest BCUT2D eigenvalue weighted by Crippen LogP contribution is 2.33. The molecule has 0 aliphatic heterocycles. The first kappa shape index (κ1) is 19.1. The molecule has 1 saturated carbocycles. The minimum atomic E-state index is -0.931. The van der Waals surface area contributed by atoms with Crippen LogP contribution in [0, 0.1) is 5.92 Å². The van der Waals surface area contributed by atoms with Crippen LogP contribution < -0.4 is 10.9 Å². The quantitative estimate of drug-likeness (QED) is 0.813. The van der Waals surface area contributed by atoms with Crippen LogP contribution in [0.25, 0.3) is 10.8 Å². The number of hydrogen-bond donors (Lipinski definition) is 2. The number of carboxylic acid groups (broad SMARTS) is 1. The Morgan fingerprint density at radius 1 is 1.22 bits per heavy atom. The Kier molecular flexibility index (Phi) is 5.30. The summed E-state index contributed by atoms with van der Waals surface area (Å²) in [6.45, 7) is 4.36. The van der Waals surface area contributed by atoms with Crippen molar-refractivity contribution in [1.29, 1.82) is 0 Å². The monoisotopic (exact) mass is 371 g/mol. The summed E-state index contributed by atoms with van der Waals surface area (Å²) in [5, 5.41) is 17.5. The second-order valence-corrected chi connectivity index (χ2v) is 7.79. The van der Waals surface area contributed by atoms with E-state index in [0.29, 0.717) is 30.2 Å². The molecule has 0 saturated heterocycles. The molecule has 0 radical (unpaired) electrons. The molecule has 0 unspecified atom stereocenters. The van der Waals surface area contributed by atoms with Crippen molar-refractivity contribution in [3.05, 3.63) is 40.3 Å². The fourth-order valence-corrected chi connectivity index (χ4v) is 3.86. The van der Waals surface area contributed by atoms with Crippen molar-refractivity contribution in [2.24, 2.45) is 5.92 Å². The highest BCUT2D eigenvalue weighted by atomic mass is 16.4. The van der Waals surface area contributed by atoms with Crippen LogP contribution in [0.5, 0.6) is 0 Å². The Balaban J connectivity index is 2.04. The van der Waals surface area contributed by atoms with Crippen molar-refractivity contribution in [3.8, 4) is 0 Å². The van der Waals surface area contributed by atoms with Gasteiger partial charge in [0.15, 0.2) is 5.69 Å². The summed E-state index contributed by atoms with van der Waals surface area (Å²) < 4.78 is 1.33. The molecule has 2 N–H and O–H groups in total. The van der Waals surface area contributed by atoms with E-state index in [9.17, 15) is 19.5 Å². The van der Waals surface area contributed by atoms with E-state index in [4.69, 9.17) is 0 Å². The summed E-state index contributed by atoms with van der Waals surface area (Å²) in [5.41, 5.74) is -0.801. The van der Waals surface area contributed by atoms with Crippen LogP contribution in [0.3, 0.4) is 0 Å². The third kappa shape index (κ3) is 4.02. The molecule has 0 spiro atoms. The van der Waals surface area contributed by atoms with E-state index < -0.39 is 17.4 Å². The number of rotatable bonds is 6. The molecule has 7 heteroatoms. The Morgan fingerprint density at radius 3 is 2.44 bits per heavy atom. The van der Waals surface area contributed by atoms with E-state index in [1.165, 1.54) is 4.68 Å². The summed E-state index contributed by atoms with van der Waals surface area (Å²) in [5.74, 6) is -1.16. The molecule has 144 valence electrons. The zero-order valence-electron chi connectivity index (χ0n) is 15.7. The second-order valence-electron chi connectivity index (χ2n) is 7.79. The van der Waals surface area contributed by atoms with Crippen molar-refractivity contribution in [3.63, 3.8) is 0 Å².